The van der Waals surface area contributed by atoms with Crippen molar-refractivity contribution >= 4 is 0 Å². The van der Waals surface area contributed by atoms with Crippen molar-refractivity contribution < 1.29 is 0 Å². The predicted octanol–water partition coefficient (Wildman–Crippen LogP) is 2.26. The van der Waals surface area contributed by atoms with Gasteiger partial charge in [-0.15, -0.1) is 0 Å². The van der Waals surface area contributed by atoms with Crippen molar-refractivity contribution in [2.75, 3.05) is 14.1 Å². The molecular weight excluding hydrogens is 210 g/mol. The monoisotopic (exact) mass is 233 g/mol. The lowest BCUT2D eigenvalue weighted by Crippen LogP contribution is -2.50. The molecule has 0 bridgehead atoms. The van der Waals surface area contributed by atoms with Crippen molar-refractivity contribution in [3.05, 3.63) is 29.6 Å². The number of aromatic nitrogens is 1. The van der Waals surface area contributed by atoms with Crippen LogP contribution in [-0.2, 0) is 0 Å². The number of pyridine rings is 1. The molecule has 3 heteroatoms. The highest BCUT2D eigenvalue weighted by Gasteiger charge is 2.42. The Morgan fingerprint density at radius 2 is 1.94 bits per heavy atom. The van der Waals surface area contributed by atoms with Crippen LogP contribution in [0.25, 0.3) is 0 Å². The first-order chi connectivity index (χ1) is 8.06. The topological polar surface area (TPSA) is 42.1 Å². The number of likely N-dealkylation sites (N-methyl/N-ethyl adjacent to an activating group) is 1. The Hall–Kier alpha value is -0.930. The second-order valence-electron chi connectivity index (χ2n) is 5.48. The normalized spacial score (nSPS) is 20.8. The molecule has 2 rings (SSSR count). The summed E-state index contributed by atoms with van der Waals surface area (Å²) >= 11 is 0. The third kappa shape index (κ3) is 2.22. The van der Waals surface area contributed by atoms with Gasteiger partial charge in [-0.25, -0.2) is 0 Å². The van der Waals surface area contributed by atoms with E-state index in [4.69, 9.17) is 5.73 Å². The van der Waals surface area contributed by atoms with E-state index in [1.54, 1.807) is 0 Å². The molecule has 0 radical (unpaired) electrons. The predicted molar refractivity (Wildman–Crippen MR) is 70.8 cm³/mol. The summed E-state index contributed by atoms with van der Waals surface area (Å²) in [5.74, 6) is 0. The Labute approximate surface area is 104 Å². The van der Waals surface area contributed by atoms with Gasteiger partial charge in [-0.3, -0.25) is 4.98 Å². The minimum Gasteiger partial charge on any atom is -0.322 e. The van der Waals surface area contributed by atoms with Gasteiger partial charge in [0.15, 0.2) is 0 Å². The van der Waals surface area contributed by atoms with Crippen LogP contribution in [0.15, 0.2) is 18.5 Å². The van der Waals surface area contributed by atoms with Crippen molar-refractivity contribution in [2.24, 2.45) is 5.73 Å². The van der Waals surface area contributed by atoms with Crippen molar-refractivity contribution in [1.82, 2.24) is 9.88 Å². The molecule has 0 spiro atoms. The molecule has 94 valence electrons. The van der Waals surface area contributed by atoms with Crippen molar-refractivity contribution in [1.29, 1.82) is 0 Å². The van der Waals surface area contributed by atoms with Crippen LogP contribution in [0, 0.1) is 6.92 Å². The minimum absolute atomic E-state index is 0.0624. The molecule has 0 amide bonds. The number of nitrogens with zero attached hydrogens (tertiary/aromatic N) is 2. The Morgan fingerprint density at radius 3 is 2.47 bits per heavy atom. The van der Waals surface area contributed by atoms with Gasteiger partial charge in [0.1, 0.15) is 0 Å². The first-order valence-electron chi connectivity index (χ1n) is 6.41. The van der Waals surface area contributed by atoms with E-state index < -0.39 is 0 Å². The molecule has 1 saturated carbocycles. The molecule has 1 heterocycles. The smallest absolute Gasteiger partial charge is 0.0497 e. The van der Waals surface area contributed by atoms with Gasteiger partial charge >= 0.3 is 0 Å². The van der Waals surface area contributed by atoms with E-state index in [9.17, 15) is 0 Å². The fourth-order valence-corrected chi connectivity index (χ4v) is 3.08. The number of aryl methyl sites for hydroxylation is 1. The second-order valence-corrected chi connectivity index (χ2v) is 5.48. The van der Waals surface area contributed by atoms with Crippen LogP contribution in [-0.4, -0.2) is 29.5 Å². The van der Waals surface area contributed by atoms with E-state index in [2.05, 4.69) is 37.0 Å². The van der Waals surface area contributed by atoms with E-state index in [-0.39, 0.29) is 11.6 Å². The number of hydrogen-bond donors (Lipinski definition) is 1. The van der Waals surface area contributed by atoms with Crippen molar-refractivity contribution in [2.45, 2.75) is 44.2 Å². The average molecular weight is 233 g/mol. The molecule has 1 aromatic heterocycles. The van der Waals surface area contributed by atoms with Crippen LogP contribution in [0.2, 0.25) is 0 Å². The van der Waals surface area contributed by atoms with Crippen LogP contribution >= 0.6 is 0 Å². The maximum absolute atomic E-state index is 6.52. The molecule has 1 aliphatic carbocycles. The minimum atomic E-state index is 0.0624. The van der Waals surface area contributed by atoms with E-state index in [0.717, 1.165) is 0 Å². The standard InChI is InChI=1S/C14H23N3/c1-11-8-12(10-16-9-11)13(15)14(17(2)3)6-4-5-7-14/h8-10,13H,4-7,15H2,1-3H3. The molecule has 1 unspecified atom stereocenters. The number of rotatable bonds is 3. The number of hydrogen-bond acceptors (Lipinski definition) is 3. The Morgan fingerprint density at radius 1 is 1.29 bits per heavy atom. The lowest BCUT2D eigenvalue weighted by Gasteiger charge is -2.41. The van der Waals surface area contributed by atoms with Crippen LogP contribution in [0.5, 0.6) is 0 Å². The summed E-state index contributed by atoms with van der Waals surface area (Å²) in [5, 5.41) is 0. The molecule has 1 aromatic rings. The van der Waals surface area contributed by atoms with E-state index in [0.29, 0.717) is 0 Å². The highest BCUT2D eigenvalue weighted by Crippen LogP contribution is 2.41. The lowest BCUT2D eigenvalue weighted by atomic mass is 9.83. The number of nitrogens with two attached hydrogens (primary N) is 1. The Kier molecular flexibility index (Phi) is 3.50. The van der Waals surface area contributed by atoms with Gasteiger partial charge in [-0.2, -0.15) is 0 Å². The summed E-state index contributed by atoms with van der Waals surface area (Å²) in [4.78, 5) is 6.58. The van der Waals surface area contributed by atoms with Crippen LogP contribution in [0.3, 0.4) is 0 Å². The fourth-order valence-electron chi connectivity index (χ4n) is 3.08. The van der Waals surface area contributed by atoms with E-state index in [1.165, 1.54) is 36.8 Å². The fraction of sp³-hybridized carbons (Fsp3) is 0.643. The maximum atomic E-state index is 6.52. The molecule has 1 aliphatic rings. The van der Waals surface area contributed by atoms with Crippen molar-refractivity contribution in [3.8, 4) is 0 Å². The zero-order valence-corrected chi connectivity index (χ0v) is 11.1. The molecule has 0 aliphatic heterocycles. The van der Waals surface area contributed by atoms with Gasteiger partial charge in [0.2, 0.25) is 0 Å². The third-order valence-electron chi connectivity index (χ3n) is 4.19. The van der Waals surface area contributed by atoms with Gasteiger partial charge in [-0.05, 0) is 45.0 Å². The summed E-state index contributed by atoms with van der Waals surface area (Å²) in [6, 6.07) is 2.23. The lowest BCUT2D eigenvalue weighted by molar-refractivity contribution is 0.123. The van der Waals surface area contributed by atoms with Gasteiger partial charge in [0.05, 0.1) is 0 Å². The first kappa shape index (κ1) is 12.5. The van der Waals surface area contributed by atoms with Crippen LogP contribution in [0.4, 0.5) is 0 Å². The molecule has 17 heavy (non-hydrogen) atoms. The zero-order valence-electron chi connectivity index (χ0n) is 11.1. The molecule has 2 N–H and O–H groups in total. The van der Waals surface area contributed by atoms with Gasteiger partial charge in [-0.1, -0.05) is 18.9 Å². The summed E-state index contributed by atoms with van der Waals surface area (Å²) in [6.45, 7) is 2.07. The van der Waals surface area contributed by atoms with Gasteiger partial charge in [0, 0.05) is 24.0 Å². The van der Waals surface area contributed by atoms with E-state index >= 15 is 0 Å². The second kappa shape index (κ2) is 4.75. The SMILES string of the molecule is Cc1cncc(C(N)C2(N(C)C)CCCC2)c1. The van der Waals surface area contributed by atoms with Crippen LogP contribution in [0.1, 0.15) is 42.9 Å². The molecule has 1 fully saturated rings. The Bertz CT molecular complexity index is 381. The van der Waals surface area contributed by atoms with E-state index in [1.807, 2.05) is 12.4 Å². The first-order valence-corrected chi connectivity index (χ1v) is 6.41. The quantitative estimate of drug-likeness (QED) is 0.870. The maximum Gasteiger partial charge on any atom is 0.0497 e. The summed E-state index contributed by atoms with van der Waals surface area (Å²) in [7, 11) is 4.29. The largest absolute Gasteiger partial charge is 0.322 e. The Balaban J connectivity index is 2.31. The summed E-state index contributed by atoms with van der Waals surface area (Å²) < 4.78 is 0. The highest BCUT2D eigenvalue weighted by atomic mass is 15.2. The van der Waals surface area contributed by atoms with Gasteiger partial charge < -0.3 is 10.6 Å². The third-order valence-corrected chi connectivity index (χ3v) is 4.19. The van der Waals surface area contributed by atoms with Crippen molar-refractivity contribution in [3.63, 3.8) is 0 Å². The average Bonchev–Trinajstić information content (AvgIpc) is 2.78. The summed E-state index contributed by atoms with van der Waals surface area (Å²) in [6.07, 6.45) is 8.74. The molecule has 0 saturated heterocycles. The molecule has 1 atom stereocenters. The zero-order chi connectivity index (χ0) is 12.5. The van der Waals surface area contributed by atoms with Gasteiger partial charge in [0.25, 0.3) is 0 Å². The van der Waals surface area contributed by atoms with Crippen LogP contribution < -0.4 is 5.73 Å². The molecule has 3 nitrogen and oxygen atoms in total. The highest BCUT2D eigenvalue weighted by molar-refractivity contribution is 5.24. The molecule has 0 aromatic carbocycles. The summed E-state index contributed by atoms with van der Waals surface area (Å²) in [5.41, 5.74) is 9.00. The molecular formula is C14H23N3.